The van der Waals surface area contributed by atoms with Gasteiger partial charge in [-0.3, -0.25) is 14.9 Å². The lowest BCUT2D eigenvalue weighted by Crippen LogP contribution is -2.22. The molecular formula is C23H14Cl2N4O4. The summed E-state index contributed by atoms with van der Waals surface area (Å²) in [6.07, 6.45) is 1.51. The van der Waals surface area contributed by atoms with Crippen molar-refractivity contribution in [2.24, 2.45) is 0 Å². The van der Waals surface area contributed by atoms with Crippen LogP contribution in [0.3, 0.4) is 0 Å². The summed E-state index contributed by atoms with van der Waals surface area (Å²) in [5.41, 5.74) is 1.41. The van der Waals surface area contributed by atoms with E-state index in [4.69, 9.17) is 27.7 Å². The van der Waals surface area contributed by atoms with Crippen molar-refractivity contribution in [2.75, 3.05) is 0 Å². The Hall–Kier alpha value is -4.01. The van der Waals surface area contributed by atoms with Crippen molar-refractivity contribution >= 4 is 46.6 Å². The average molecular weight is 481 g/mol. The summed E-state index contributed by atoms with van der Waals surface area (Å²) in [5, 5.41) is 18.6. The highest BCUT2D eigenvalue weighted by Crippen LogP contribution is 2.29. The second-order valence-corrected chi connectivity index (χ2v) is 7.62. The van der Waals surface area contributed by atoms with E-state index in [1.165, 1.54) is 24.3 Å². The number of aromatic nitrogens is 2. The minimum atomic E-state index is -0.507. The summed E-state index contributed by atoms with van der Waals surface area (Å²) in [6.45, 7) is 0. The molecule has 0 spiro atoms. The summed E-state index contributed by atoms with van der Waals surface area (Å²) in [4.78, 5) is 27.8. The molecular weight excluding hydrogens is 467 g/mol. The molecule has 0 radical (unpaired) electrons. The molecule has 0 atom stereocenters. The highest BCUT2D eigenvalue weighted by molar-refractivity contribution is 6.36. The minimum Gasteiger partial charge on any atom is -0.332 e. The van der Waals surface area contributed by atoms with Crippen LogP contribution in [-0.4, -0.2) is 21.0 Å². The van der Waals surface area contributed by atoms with E-state index < -0.39 is 10.8 Å². The van der Waals surface area contributed by atoms with Gasteiger partial charge in [0.2, 0.25) is 5.82 Å². The third kappa shape index (κ3) is 5.25. The number of nitrogens with zero attached hydrogens (tertiary/aromatic N) is 3. The summed E-state index contributed by atoms with van der Waals surface area (Å²) in [7, 11) is 0. The zero-order chi connectivity index (χ0) is 23.4. The number of halogens is 2. The van der Waals surface area contributed by atoms with Crippen molar-refractivity contribution in [3.8, 4) is 11.4 Å². The Morgan fingerprint density at radius 1 is 1.03 bits per heavy atom. The average Bonchev–Trinajstić information content (AvgIpc) is 3.29. The molecule has 0 bridgehead atoms. The van der Waals surface area contributed by atoms with E-state index in [1.807, 2.05) is 0 Å². The van der Waals surface area contributed by atoms with Gasteiger partial charge in [-0.15, -0.1) is 0 Å². The molecule has 8 nitrogen and oxygen atoms in total. The molecule has 0 unspecified atom stereocenters. The van der Waals surface area contributed by atoms with Crippen LogP contribution < -0.4 is 5.32 Å². The van der Waals surface area contributed by atoms with Crippen LogP contribution >= 0.6 is 23.2 Å². The first-order valence-electron chi connectivity index (χ1n) is 9.53. The van der Waals surface area contributed by atoms with Crippen LogP contribution in [0.5, 0.6) is 0 Å². The van der Waals surface area contributed by atoms with E-state index in [9.17, 15) is 14.9 Å². The molecule has 1 aromatic heterocycles. The van der Waals surface area contributed by atoms with E-state index in [2.05, 4.69) is 15.5 Å². The topological polar surface area (TPSA) is 111 Å². The van der Waals surface area contributed by atoms with Gasteiger partial charge in [-0.05, 0) is 42.0 Å². The predicted molar refractivity (Wildman–Crippen MR) is 125 cm³/mol. The van der Waals surface area contributed by atoms with E-state index >= 15 is 0 Å². The van der Waals surface area contributed by atoms with Gasteiger partial charge in [0.1, 0.15) is 5.70 Å². The molecule has 10 heteroatoms. The first-order valence-corrected chi connectivity index (χ1v) is 10.3. The maximum atomic E-state index is 12.8. The number of hydrogen-bond donors (Lipinski definition) is 1. The van der Waals surface area contributed by atoms with Crippen LogP contribution in [0.2, 0.25) is 10.0 Å². The molecule has 0 fully saturated rings. The number of carbonyl (C=O) groups excluding carboxylic acids is 1. The summed E-state index contributed by atoms with van der Waals surface area (Å²) in [5.74, 6) is -0.242. The first-order chi connectivity index (χ1) is 15.9. The van der Waals surface area contributed by atoms with E-state index in [-0.39, 0.29) is 23.1 Å². The van der Waals surface area contributed by atoms with Gasteiger partial charge in [-0.2, -0.15) is 4.98 Å². The van der Waals surface area contributed by atoms with Crippen LogP contribution in [-0.2, 0) is 0 Å². The van der Waals surface area contributed by atoms with E-state index in [0.29, 0.717) is 26.7 Å². The fraction of sp³-hybridized carbons (Fsp3) is 0. The SMILES string of the molecule is O=C(N/C(=C\c1cccc([N+](=O)[O-])c1)c1nc(-c2ccc(Cl)cc2Cl)no1)c1ccccc1. The van der Waals surface area contributed by atoms with Crippen molar-refractivity contribution in [1.29, 1.82) is 0 Å². The van der Waals surface area contributed by atoms with Gasteiger partial charge in [0.05, 0.1) is 9.95 Å². The number of hydrogen-bond acceptors (Lipinski definition) is 6. The van der Waals surface area contributed by atoms with E-state index in [1.54, 1.807) is 54.6 Å². The number of benzene rings is 3. The number of carbonyl (C=O) groups is 1. The van der Waals surface area contributed by atoms with Crippen molar-refractivity contribution in [1.82, 2.24) is 15.5 Å². The Bertz CT molecular complexity index is 1370. The molecule has 1 N–H and O–H groups in total. The van der Waals surface area contributed by atoms with Gasteiger partial charge in [0.15, 0.2) is 0 Å². The Kier molecular flexibility index (Phi) is 6.48. The number of non-ortho nitro benzene ring substituents is 1. The van der Waals surface area contributed by atoms with Gasteiger partial charge in [-0.1, -0.05) is 58.7 Å². The third-order valence-corrected chi connectivity index (χ3v) is 5.05. The Labute approximate surface area is 197 Å². The van der Waals surface area contributed by atoms with Gasteiger partial charge >= 0.3 is 0 Å². The molecule has 3 aromatic carbocycles. The van der Waals surface area contributed by atoms with Crippen LogP contribution in [0.1, 0.15) is 21.8 Å². The lowest BCUT2D eigenvalue weighted by atomic mass is 10.1. The predicted octanol–water partition coefficient (Wildman–Crippen LogP) is 5.88. The van der Waals surface area contributed by atoms with E-state index in [0.717, 1.165) is 0 Å². The van der Waals surface area contributed by atoms with Gasteiger partial charge in [0, 0.05) is 28.3 Å². The maximum Gasteiger partial charge on any atom is 0.274 e. The fourth-order valence-electron chi connectivity index (χ4n) is 2.94. The number of nitrogens with one attached hydrogen (secondary N) is 1. The standard InChI is InChI=1S/C23H14Cl2N4O4/c24-16-9-10-18(19(25)13-16)21-27-23(33-28-21)20(26-22(30)15-6-2-1-3-7-15)12-14-5-4-8-17(11-14)29(31)32/h1-13H,(H,26,30)/b20-12-. The minimum absolute atomic E-state index is 0.00759. The second-order valence-electron chi connectivity index (χ2n) is 6.78. The first kappa shape index (κ1) is 22.2. The maximum absolute atomic E-state index is 12.8. The van der Waals surface area contributed by atoms with Gasteiger partial charge in [-0.25, -0.2) is 0 Å². The molecule has 164 valence electrons. The number of nitro groups is 1. The smallest absolute Gasteiger partial charge is 0.274 e. The Balaban J connectivity index is 1.74. The largest absolute Gasteiger partial charge is 0.332 e. The van der Waals surface area contributed by atoms with Gasteiger partial charge in [0.25, 0.3) is 17.5 Å². The Morgan fingerprint density at radius 3 is 2.55 bits per heavy atom. The normalized spacial score (nSPS) is 11.3. The Morgan fingerprint density at radius 2 is 1.82 bits per heavy atom. The third-order valence-electron chi connectivity index (χ3n) is 4.50. The summed E-state index contributed by atoms with van der Waals surface area (Å²) in [6, 6.07) is 19.3. The molecule has 4 rings (SSSR count). The lowest BCUT2D eigenvalue weighted by molar-refractivity contribution is -0.384. The molecule has 4 aromatic rings. The van der Waals surface area contributed by atoms with Crippen molar-refractivity contribution < 1.29 is 14.2 Å². The number of amides is 1. The lowest BCUT2D eigenvalue weighted by Gasteiger charge is -2.07. The van der Waals surface area contributed by atoms with Crippen LogP contribution in [0.4, 0.5) is 5.69 Å². The van der Waals surface area contributed by atoms with Gasteiger partial charge < -0.3 is 9.84 Å². The zero-order valence-electron chi connectivity index (χ0n) is 16.7. The molecule has 0 aliphatic rings. The number of rotatable bonds is 6. The van der Waals surface area contributed by atoms with Crippen molar-refractivity contribution in [2.45, 2.75) is 0 Å². The second kappa shape index (κ2) is 9.64. The van der Waals surface area contributed by atoms with Crippen LogP contribution in [0.25, 0.3) is 23.2 Å². The van der Waals surface area contributed by atoms with Crippen LogP contribution in [0, 0.1) is 10.1 Å². The highest BCUT2D eigenvalue weighted by Gasteiger charge is 2.18. The molecule has 0 saturated heterocycles. The molecule has 1 amide bonds. The summed E-state index contributed by atoms with van der Waals surface area (Å²) >= 11 is 12.2. The fourth-order valence-corrected chi connectivity index (χ4v) is 3.44. The molecule has 33 heavy (non-hydrogen) atoms. The van der Waals surface area contributed by atoms with Crippen molar-refractivity contribution in [3.63, 3.8) is 0 Å². The van der Waals surface area contributed by atoms with Crippen molar-refractivity contribution in [3.05, 3.63) is 110 Å². The quantitative estimate of drug-likeness (QED) is 0.272. The molecule has 1 heterocycles. The molecule has 0 aliphatic heterocycles. The highest BCUT2D eigenvalue weighted by atomic mass is 35.5. The monoisotopic (exact) mass is 480 g/mol. The summed E-state index contributed by atoms with van der Waals surface area (Å²) < 4.78 is 5.38. The molecule has 0 saturated carbocycles. The van der Waals surface area contributed by atoms with Crippen LogP contribution in [0.15, 0.2) is 77.3 Å². The zero-order valence-corrected chi connectivity index (χ0v) is 18.2. The number of nitro benzene ring substituents is 1. The molecule has 0 aliphatic carbocycles.